The number of pyridine rings is 1. The number of furan rings is 1. The number of fused-ring (bicyclic) bond motifs is 1. The van der Waals surface area contributed by atoms with Crippen LogP contribution >= 0.6 is 0 Å². The Labute approximate surface area is 119 Å². The standard InChI is InChI=1S/C15H11N5O/c16-13-11-5-8-20(10-3-6-17-7-4-10)15(11)19-14(18-13)12-2-1-9-21-12/h1-9H,(H2,16,18,19). The number of nitrogens with two attached hydrogens (primary N) is 1. The molecule has 2 N–H and O–H groups in total. The molecule has 4 rings (SSSR count). The lowest BCUT2D eigenvalue weighted by Crippen LogP contribution is -2.00. The third kappa shape index (κ3) is 1.85. The predicted molar refractivity (Wildman–Crippen MR) is 78.8 cm³/mol. The number of nitrogen functional groups attached to an aromatic ring is 1. The highest BCUT2D eigenvalue weighted by Gasteiger charge is 2.13. The van der Waals surface area contributed by atoms with Crippen LogP contribution in [-0.2, 0) is 0 Å². The topological polar surface area (TPSA) is 82.8 Å². The molecule has 0 unspecified atom stereocenters. The van der Waals surface area contributed by atoms with Crippen molar-refractivity contribution in [2.75, 3.05) is 5.73 Å². The normalized spacial score (nSPS) is 11.0. The summed E-state index contributed by atoms with van der Waals surface area (Å²) in [5.74, 6) is 1.49. The molecule has 0 spiro atoms. The van der Waals surface area contributed by atoms with Crippen LogP contribution in [0.4, 0.5) is 5.82 Å². The number of anilines is 1. The average molecular weight is 277 g/mol. The second-order valence-corrected chi connectivity index (χ2v) is 4.54. The Morgan fingerprint density at radius 1 is 1.05 bits per heavy atom. The molecular formula is C15H11N5O. The van der Waals surface area contributed by atoms with E-state index in [1.54, 1.807) is 30.8 Å². The van der Waals surface area contributed by atoms with Crippen molar-refractivity contribution in [3.63, 3.8) is 0 Å². The van der Waals surface area contributed by atoms with Crippen LogP contribution in [0.15, 0.2) is 59.6 Å². The molecule has 0 aliphatic rings. The Morgan fingerprint density at radius 3 is 2.67 bits per heavy atom. The third-order valence-corrected chi connectivity index (χ3v) is 3.26. The highest BCUT2D eigenvalue weighted by Crippen LogP contribution is 2.26. The second-order valence-electron chi connectivity index (χ2n) is 4.54. The van der Waals surface area contributed by atoms with Gasteiger partial charge in [-0.3, -0.25) is 4.98 Å². The van der Waals surface area contributed by atoms with Crippen molar-refractivity contribution in [2.45, 2.75) is 0 Å². The lowest BCUT2D eigenvalue weighted by atomic mass is 10.3. The minimum Gasteiger partial charge on any atom is -0.461 e. The fraction of sp³-hybridized carbons (Fsp3) is 0. The van der Waals surface area contributed by atoms with Crippen molar-refractivity contribution in [1.82, 2.24) is 19.5 Å². The molecule has 0 aliphatic heterocycles. The molecule has 102 valence electrons. The monoisotopic (exact) mass is 277 g/mol. The van der Waals surface area contributed by atoms with Gasteiger partial charge in [-0.1, -0.05) is 0 Å². The van der Waals surface area contributed by atoms with Gasteiger partial charge in [0.05, 0.1) is 17.3 Å². The second kappa shape index (κ2) is 4.45. The van der Waals surface area contributed by atoms with E-state index in [4.69, 9.17) is 10.2 Å². The molecule has 21 heavy (non-hydrogen) atoms. The first-order valence-electron chi connectivity index (χ1n) is 6.42. The zero-order valence-electron chi connectivity index (χ0n) is 11.0. The lowest BCUT2D eigenvalue weighted by Gasteiger charge is -2.06. The van der Waals surface area contributed by atoms with Crippen molar-refractivity contribution >= 4 is 16.9 Å². The zero-order valence-corrected chi connectivity index (χ0v) is 11.0. The molecule has 4 heterocycles. The maximum atomic E-state index is 6.04. The number of hydrogen-bond acceptors (Lipinski definition) is 5. The lowest BCUT2D eigenvalue weighted by molar-refractivity contribution is 0.577. The molecule has 0 saturated heterocycles. The molecule has 6 heteroatoms. The summed E-state index contributed by atoms with van der Waals surface area (Å²) >= 11 is 0. The summed E-state index contributed by atoms with van der Waals surface area (Å²) < 4.78 is 7.29. The van der Waals surface area contributed by atoms with Gasteiger partial charge >= 0.3 is 0 Å². The van der Waals surface area contributed by atoms with Gasteiger partial charge < -0.3 is 14.7 Å². The molecule has 4 aromatic heterocycles. The first-order valence-corrected chi connectivity index (χ1v) is 6.42. The van der Waals surface area contributed by atoms with Gasteiger partial charge in [0.2, 0.25) is 0 Å². The van der Waals surface area contributed by atoms with Gasteiger partial charge in [0.25, 0.3) is 0 Å². The number of aromatic nitrogens is 4. The minimum atomic E-state index is 0.430. The van der Waals surface area contributed by atoms with E-state index < -0.39 is 0 Å². The maximum Gasteiger partial charge on any atom is 0.199 e. The van der Waals surface area contributed by atoms with E-state index >= 15 is 0 Å². The maximum absolute atomic E-state index is 6.04. The van der Waals surface area contributed by atoms with Gasteiger partial charge in [0, 0.05) is 18.6 Å². The van der Waals surface area contributed by atoms with Crippen LogP contribution in [0.25, 0.3) is 28.3 Å². The van der Waals surface area contributed by atoms with Crippen molar-refractivity contribution in [2.24, 2.45) is 0 Å². The van der Waals surface area contributed by atoms with Crippen LogP contribution in [0.1, 0.15) is 0 Å². The van der Waals surface area contributed by atoms with Crippen LogP contribution in [0, 0.1) is 0 Å². The average Bonchev–Trinajstić information content (AvgIpc) is 3.18. The van der Waals surface area contributed by atoms with Gasteiger partial charge in [0.1, 0.15) is 5.82 Å². The van der Waals surface area contributed by atoms with Crippen LogP contribution in [0.2, 0.25) is 0 Å². The summed E-state index contributed by atoms with van der Waals surface area (Å²) in [6.45, 7) is 0. The van der Waals surface area contributed by atoms with Crippen LogP contribution < -0.4 is 5.73 Å². The summed E-state index contributed by atoms with van der Waals surface area (Å²) in [5, 5.41) is 0.808. The van der Waals surface area contributed by atoms with Gasteiger partial charge in [-0.25, -0.2) is 9.97 Å². The highest BCUT2D eigenvalue weighted by molar-refractivity contribution is 5.88. The van der Waals surface area contributed by atoms with Crippen LogP contribution in [-0.4, -0.2) is 19.5 Å². The Morgan fingerprint density at radius 2 is 1.90 bits per heavy atom. The van der Waals surface area contributed by atoms with Crippen molar-refractivity contribution < 1.29 is 4.42 Å². The zero-order chi connectivity index (χ0) is 14.2. The molecule has 0 saturated carbocycles. The van der Waals surface area contributed by atoms with Crippen LogP contribution in [0.5, 0.6) is 0 Å². The first kappa shape index (κ1) is 11.7. The minimum absolute atomic E-state index is 0.430. The van der Waals surface area contributed by atoms with E-state index in [9.17, 15) is 0 Å². The SMILES string of the molecule is Nc1nc(-c2ccco2)nc2c1ccn2-c1ccncc1. The first-order chi connectivity index (χ1) is 10.3. The summed E-state index contributed by atoms with van der Waals surface area (Å²) in [6.07, 6.45) is 6.97. The van der Waals surface area contributed by atoms with Crippen molar-refractivity contribution in [1.29, 1.82) is 0 Å². The molecular weight excluding hydrogens is 266 g/mol. The number of rotatable bonds is 2. The van der Waals surface area contributed by atoms with E-state index in [0.29, 0.717) is 17.4 Å². The summed E-state index contributed by atoms with van der Waals surface area (Å²) in [7, 11) is 0. The molecule has 0 atom stereocenters. The molecule has 0 radical (unpaired) electrons. The fourth-order valence-corrected chi connectivity index (χ4v) is 2.27. The van der Waals surface area contributed by atoms with Crippen molar-refractivity contribution in [3.05, 3.63) is 55.2 Å². The van der Waals surface area contributed by atoms with E-state index in [-0.39, 0.29) is 0 Å². The molecule has 0 aliphatic carbocycles. The molecule has 0 fully saturated rings. The Hall–Kier alpha value is -3.15. The molecule has 0 bridgehead atoms. The van der Waals surface area contributed by atoms with Crippen molar-refractivity contribution in [3.8, 4) is 17.3 Å². The smallest absolute Gasteiger partial charge is 0.199 e. The predicted octanol–water partition coefficient (Wildman–Crippen LogP) is 2.66. The molecule has 0 aromatic carbocycles. The number of nitrogens with zero attached hydrogens (tertiary/aromatic N) is 4. The summed E-state index contributed by atoms with van der Waals surface area (Å²) in [5.41, 5.74) is 7.73. The molecule has 4 aromatic rings. The third-order valence-electron chi connectivity index (χ3n) is 3.26. The number of hydrogen-bond donors (Lipinski definition) is 1. The molecule has 6 nitrogen and oxygen atoms in total. The van der Waals surface area contributed by atoms with E-state index in [1.807, 2.05) is 29.0 Å². The van der Waals surface area contributed by atoms with Gasteiger partial charge in [-0.15, -0.1) is 0 Å². The van der Waals surface area contributed by atoms with Gasteiger partial charge in [-0.05, 0) is 30.3 Å². The van der Waals surface area contributed by atoms with E-state index in [1.165, 1.54) is 0 Å². The van der Waals surface area contributed by atoms with Gasteiger partial charge in [-0.2, -0.15) is 0 Å². The van der Waals surface area contributed by atoms with Crippen LogP contribution in [0.3, 0.4) is 0 Å². The Balaban J connectivity index is 1.98. The van der Waals surface area contributed by atoms with E-state index in [0.717, 1.165) is 16.7 Å². The Kier molecular flexibility index (Phi) is 2.47. The fourth-order valence-electron chi connectivity index (χ4n) is 2.27. The highest BCUT2D eigenvalue weighted by atomic mass is 16.3. The summed E-state index contributed by atoms with van der Waals surface area (Å²) in [6, 6.07) is 9.31. The quantitative estimate of drug-likeness (QED) is 0.609. The van der Waals surface area contributed by atoms with Gasteiger partial charge in [0.15, 0.2) is 17.2 Å². The Bertz CT molecular complexity index is 897. The largest absolute Gasteiger partial charge is 0.461 e. The molecule has 0 amide bonds. The summed E-state index contributed by atoms with van der Waals surface area (Å²) in [4.78, 5) is 12.9. The van der Waals surface area contributed by atoms with E-state index in [2.05, 4.69) is 15.0 Å².